The van der Waals surface area contributed by atoms with Crippen LogP contribution in [0.3, 0.4) is 0 Å². The van der Waals surface area contributed by atoms with Gasteiger partial charge in [0.2, 0.25) is 0 Å². The van der Waals surface area contributed by atoms with Crippen LogP contribution in [0.15, 0.2) is 47.6 Å². The molecular weight excluding hydrogens is 252 g/mol. The van der Waals surface area contributed by atoms with Crippen LogP contribution in [0.2, 0.25) is 0 Å². The van der Waals surface area contributed by atoms with Gasteiger partial charge in [-0.05, 0) is 37.6 Å². The highest BCUT2D eigenvalue weighted by atomic mass is 16.4. The zero-order chi connectivity index (χ0) is 14.5. The number of rotatable bonds is 4. The summed E-state index contributed by atoms with van der Waals surface area (Å²) in [6.07, 6.45) is 0. The first-order valence-corrected chi connectivity index (χ1v) is 6.45. The van der Waals surface area contributed by atoms with Crippen molar-refractivity contribution in [2.45, 2.75) is 13.8 Å². The lowest BCUT2D eigenvalue weighted by atomic mass is 10.2. The Kier molecular flexibility index (Phi) is 4.20. The van der Waals surface area contributed by atoms with E-state index in [1.165, 1.54) is 5.56 Å². The highest BCUT2D eigenvalue weighted by molar-refractivity contribution is 5.95. The Hall–Kier alpha value is -2.56. The largest absolute Gasteiger partial charge is 0.409 e. The second-order valence-electron chi connectivity index (χ2n) is 4.40. The van der Waals surface area contributed by atoms with Crippen LogP contribution >= 0.6 is 0 Å². The number of aromatic nitrogens is 1. The van der Waals surface area contributed by atoms with Gasteiger partial charge in [-0.1, -0.05) is 29.4 Å². The molecule has 0 saturated carbocycles. The SMILES string of the molecule is CCN(c1cccc(C(N)=NO)n1)c1ccccc1C. The summed E-state index contributed by atoms with van der Waals surface area (Å²) in [7, 11) is 0. The Balaban J connectivity index is 2.45. The number of hydrogen-bond donors (Lipinski definition) is 2. The van der Waals surface area contributed by atoms with Crippen molar-refractivity contribution < 1.29 is 5.21 Å². The number of nitrogens with two attached hydrogens (primary N) is 1. The van der Waals surface area contributed by atoms with Crippen molar-refractivity contribution in [3.63, 3.8) is 0 Å². The zero-order valence-electron chi connectivity index (χ0n) is 11.6. The number of nitrogens with zero attached hydrogens (tertiary/aromatic N) is 3. The van der Waals surface area contributed by atoms with Gasteiger partial charge < -0.3 is 15.8 Å². The summed E-state index contributed by atoms with van der Waals surface area (Å²) < 4.78 is 0. The lowest BCUT2D eigenvalue weighted by Crippen LogP contribution is -2.21. The van der Waals surface area contributed by atoms with Crippen molar-refractivity contribution in [2.75, 3.05) is 11.4 Å². The number of benzene rings is 1. The summed E-state index contributed by atoms with van der Waals surface area (Å²) in [4.78, 5) is 6.53. The van der Waals surface area contributed by atoms with Crippen molar-refractivity contribution >= 4 is 17.3 Å². The second-order valence-corrected chi connectivity index (χ2v) is 4.40. The summed E-state index contributed by atoms with van der Waals surface area (Å²) in [5.74, 6) is 0.776. The molecule has 0 aliphatic rings. The molecule has 2 aromatic rings. The molecule has 1 heterocycles. The van der Waals surface area contributed by atoms with Crippen LogP contribution in [0.25, 0.3) is 0 Å². The molecule has 0 fully saturated rings. The predicted octanol–water partition coefficient (Wildman–Crippen LogP) is 2.64. The Bertz CT molecular complexity index is 625. The number of oxime groups is 1. The number of pyridine rings is 1. The van der Waals surface area contributed by atoms with Crippen molar-refractivity contribution in [1.82, 2.24) is 4.98 Å². The van der Waals surface area contributed by atoms with Crippen LogP contribution in [0, 0.1) is 6.92 Å². The maximum absolute atomic E-state index is 8.75. The summed E-state index contributed by atoms with van der Waals surface area (Å²) in [6.45, 7) is 4.90. The van der Waals surface area contributed by atoms with Crippen molar-refractivity contribution in [3.8, 4) is 0 Å². The molecule has 0 radical (unpaired) electrons. The molecule has 0 atom stereocenters. The molecule has 2 rings (SSSR count). The van der Waals surface area contributed by atoms with E-state index >= 15 is 0 Å². The Morgan fingerprint density at radius 1 is 1.25 bits per heavy atom. The van der Waals surface area contributed by atoms with E-state index < -0.39 is 0 Å². The predicted molar refractivity (Wildman–Crippen MR) is 80.6 cm³/mol. The van der Waals surface area contributed by atoms with E-state index in [2.05, 4.69) is 41.0 Å². The van der Waals surface area contributed by atoms with Gasteiger partial charge in [-0.2, -0.15) is 0 Å². The van der Waals surface area contributed by atoms with E-state index in [1.54, 1.807) is 6.07 Å². The van der Waals surface area contributed by atoms with Gasteiger partial charge in [0.05, 0.1) is 0 Å². The first-order valence-electron chi connectivity index (χ1n) is 6.45. The maximum Gasteiger partial charge on any atom is 0.188 e. The second kappa shape index (κ2) is 6.06. The third-order valence-electron chi connectivity index (χ3n) is 3.10. The van der Waals surface area contributed by atoms with Crippen LogP contribution in [-0.4, -0.2) is 22.6 Å². The molecule has 3 N–H and O–H groups in total. The Morgan fingerprint density at radius 2 is 2.00 bits per heavy atom. The maximum atomic E-state index is 8.75. The normalized spacial score (nSPS) is 11.4. The topological polar surface area (TPSA) is 74.7 Å². The molecule has 0 aliphatic heterocycles. The smallest absolute Gasteiger partial charge is 0.188 e. The van der Waals surface area contributed by atoms with Gasteiger partial charge in [0.25, 0.3) is 0 Å². The number of amidine groups is 1. The average molecular weight is 270 g/mol. The fourth-order valence-electron chi connectivity index (χ4n) is 2.09. The lowest BCUT2D eigenvalue weighted by molar-refractivity contribution is 0.318. The van der Waals surface area contributed by atoms with Crippen LogP contribution in [0.5, 0.6) is 0 Å². The minimum Gasteiger partial charge on any atom is -0.409 e. The minimum absolute atomic E-state index is 0.00712. The lowest BCUT2D eigenvalue weighted by Gasteiger charge is -2.24. The van der Waals surface area contributed by atoms with E-state index in [-0.39, 0.29) is 5.84 Å². The highest BCUT2D eigenvalue weighted by Crippen LogP contribution is 2.26. The minimum atomic E-state index is 0.00712. The zero-order valence-corrected chi connectivity index (χ0v) is 11.6. The van der Waals surface area contributed by atoms with Crippen molar-refractivity contribution in [3.05, 3.63) is 53.7 Å². The summed E-state index contributed by atoms with van der Waals surface area (Å²) in [5, 5.41) is 11.7. The van der Waals surface area contributed by atoms with Crippen molar-refractivity contribution in [1.29, 1.82) is 0 Å². The van der Waals surface area contributed by atoms with Gasteiger partial charge in [0, 0.05) is 12.2 Å². The molecule has 5 heteroatoms. The van der Waals surface area contributed by atoms with Gasteiger partial charge in [0.15, 0.2) is 5.84 Å². The molecule has 1 aromatic heterocycles. The van der Waals surface area contributed by atoms with E-state index in [0.717, 1.165) is 18.1 Å². The quantitative estimate of drug-likeness (QED) is 0.387. The molecule has 1 aromatic carbocycles. The average Bonchev–Trinajstić information content (AvgIpc) is 2.49. The molecule has 5 nitrogen and oxygen atoms in total. The Morgan fingerprint density at radius 3 is 2.65 bits per heavy atom. The van der Waals surface area contributed by atoms with Gasteiger partial charge in [-0.25, -0.2) is 4.98 Å². The molecule has 0 bridgehead atoms. The summed E-state index contributed by atoms with van der Waals surface area (Å²) in [5.41, 5.74) is 8.32. The van der Waals surface area contributed by atoms with Crippen LogP contribution in [0.1, 0.15) is 18.2 Å². The van der Waals surface area contributed by atoms with Crippen LogP contribution in [-0.2, 0) is 0 Å². The van der Waals surface area contributed by atoms with E-state index in [1.807, 2.05) is 24.3 Å². The van der Waals surface area contributed by atoms with Crippen LogP contribution < -0.4 is 10.6 Å². The first-order chi connectivity index (χ1) is 9.67. The van der Waals surface area contributed by atoms with Gasteiger partial charge in [-0.15, -0.1) is 0 Å². The molecule has 104 valence electrons. The van der Waals surface area contributed by atoms with Gasteiger partial charge >= 0.3 is 0 Å². The van der Waals surface area contributed by atoms with Gasteiger partial charge in [0.1, 0.15) is 11.5 Å². The van der Waals surface area contributed by atoms with Gasteiger partial charge in [-0.3, -0.25) is 0 Å². The number of aryl methyl sites for hydroxylation is 1. The fraction of sp³-hybridized carbons (Fsp3) is 0.200. The van der Waals surface area contributed by atoms with E-state index in [0.29, 0.717) is 5.69 Å². The van der Waals surface area contributed by atoms with E-state index in [9.17, 15) is 0 Å². The van der Waals surface area contributed by atoms with E-state index in [4.69, 9.17) is 10.9 Å². The molecule has 0 spiro atoms. The fourth-order valence-corrected chi connectivity index (χ4v) is 2.09. The molecule has 20 heavy (non-hydrogen) atoms. The number of hydrogen-bond acceptors (Lipinski definition) is 4. The Labute approximate surface area is 118 Å². The van der Waals surface area contributed by atoms with Crippen LogP contribution in [0.4, 0.5) is 11.5 Å². The number of anilines is 2. The monoisotopic (exact) mass is 270 g/mol. The summed E-state index contributed by atoms with van der Waals surface area (Å²) >= 11 is 0. The molecular formula is C15H18N4O. The summed E-state index contributed by atoms with van der Waals surface area (Å²) in [6, 6.07) is 13.6. The number of para-hydroxylation sites is 1. The standard InChI is InChI=1S/C15H18N4O/c1-3-19(13-9-5-4-7-11(13)2)14-10-6-8-12(17-14)15(16)18-20/h4-10,20H,3H2,1-2H3,(H2,16,18). The molecule has 0 amide bonds. The third kappa shape index (κ3) is 2.71. The van der Waals surface area contributed by atoms with Crippen molar-refractivity contribution in [2.24, 2.45) is 10.9 Å². The molecule has 0 saturated heterocycles. The molecule has 0 unspecified atom stereocenters. The molecule has 0 aliphatic carbocycles. The third-order valence-corrected chi connectivity index (χ3v) is 3.10. The highest BCUT2D eigenvalue weighted by Gasteiger charge is 2.12. The first kappa shape index (κ1) is 13.9.